The number of ether oxygens (including phenoxy) is 2. The summed E-state index contributed by atoms with van der Waals surface area (Å²) in [5.41, 5.74) is 1.27. The zero-order chi connectivity index (χ0) is 23.3. The van der Waals surface area contributed by atoms with Gasteiger partial charge in [0.1, 0.15) is 0 Å². The largest absolute Gasteiger partial charge is 0.454 e. The molecule has 33 heavy (non-hydrogen) atoms. The Labute approximate surface area is 191 Å². The van der Waals surface area contributed by atoms with Gasteiger partial charge in [0.05, 0.1) is 6.54 Å². The van der Waals surface area contributed by atoms with E-state index in [4.69, 9.17) is 9.47 Å². The number of benzene rings is 2. The second kappa shape index (κ2) is 10.0. The van der Waals surface area contributed by atoms with Crippen molar-refractivity contribution < 1.29 is 27.5 Å². The van der Waals surface area contributed by atoms with Crippen LogP contribution in [-0.4, -0.2) is 69.1 Å². The molecule has 1 saturated heterocycles. The average Bonchev–Trinajstić information content (AvgIpc) is 3.26. The highest BCUT2D eigenvalue weighted by molar-refractivity contribution is 7.92. The minimum atomic E-state index is -3.55. The highest BCUT2D eigenvalue weighted by Gasteiger charge is 2.26. The minimum absolute atomic E-state index is 0.0116. The minimum Gasteiger partial charge on any atom is -0.454 e. The van der Waals surface area contributed by atoms with E-state index >= 15 is 0 Å². The normalized spacial score (nSPS) is 16.6. The lowest BCUT2D eigenvalue weighted by atomic mass is 10.2. The fraction of sp³-hybridized carbons (Fsp3) is 0.273. The third kappa shape index (κ3) is 6.09. The first-order chi connectivity index (χ1) is 15.9. The first-order valence-corrected chi connectivity index (χ1v) is 11.9. The Hall–Kier alpha value is -3.41. The van der Waals surface area contributed by atoms with E-state index in [0.29, 0.717) is 30.3 Å². The predicted octanol–water partition coefficient (Wildman–Crippen LogP) is 1.68. The van der Waals surface area contributed by atoms with Gasteiger partial charge in [-0.05, 0) is 23.8 Å². The number of rotatable bonds is 6. The van der Waals surface area contributed by atoms with E-state index in [1.165, 1.54) is 9.71 Å². The Bertz CT molecular complexity index is 1140. The van der Waals surface area contributed by atoms with Crippen molar-refractivity contribution >= 4 is 33.7 Å². The summed E-state index contributed by atoms with van der Waals surface area (Å²) in [4.78, 5) is 26.1. The quantitative estimate of drug-likeness (QED) is 0.657. The van der Waals surface area contributed by atoms with Crippen LogP contribution >= 0.6 is 0 Å². The van der Waals surface area contributed by atoms with Crippen LogP contribution in [0.4, 0.5) is 10.5 Å². The number of sulfonamides is 1. The molecule has 0 saturated carbocycles. The zero-order valence-corrected chi connectivity index (χ0v) is 18.6. The number of hydrogen-bond acceptors (Lipinski definition) is 7. The van der Waals surface area contributed by atoms with Crippen LogP contribution < -0.4 is 20.1 Å². The SMILES string of the molecule is O=C(CN1CCN(S(=O)(=O)/C=C/c2ccccc2)CC1)NC(=O)Nc1ccc2c(c1)OCO2. The van der Waals surface area contributed by atoms with Crippen LogP contribution in [0.3, 0.4) is 0 Å². The molecule has 0 atom stereocenters. The Morgan fingerprint density at radius 3 is 2.45 bits per heavy atom. The summed E-state index contributed by atoms with van der Waals surface area (Å²) in [6.45, 7) is 1.41. The fourth-order valence-corrected chi connectivity index (χ4v) is 4.64. The number of nitrogens with zero attached hydrogens (tertiary/aromatic N) is 2. The van der Waals surface area contributed by atoms with E-state index in [0.717, 1.165) is 5.56 Å². The smallest absolute Gasteiger partial charge is 0.325 e. The molecule has 2 aliphatic rings. The second-order valence-electron chi connectivity index (χ2n) is 7.50. The highest BCUT2D eigenvalue weighted by atomic mass is 32.2. The Balaban J connectivity index is 1.22. The summed E-state index contributed by atoms with van der Waals surface area (Å²) in [6, 6.07) is 13.4. The molecule has 10 nitrogen and oxygen atoms in total. The molecule has 174 valence electrons. The van der Waals surface area contributed by atoms with E-state index in [-0.39, 0.29) is 26.4 Å². The van der Waals surface area contributed by atoms with E-state index in [9.17, 15) is 18.0 Å². The van der Waals surface area contributed by atoms with Gasteiger partial charge < -0.3 is 14.8 Å². The lowest BCUT2D eigenvalue weighted by molar-refractivity contribution is -0.121. The van der Waals surface area contributed by atoms with Crippen molar-refractivity contribution in [3.8, 4) is 11.5 Å². The van der Waals surface area contributed by atoms with Crippen molar-refractivity contribution in [1.29, 1.82) is 0 Å². The lowest BCUT2D eigenvalue weighted by Gasteiger charge is -2.32. The van der Waals surface area contributed by atoms with E-state index in [1.807, 2.05) is 30.3 Å². The van der Waals surface area contributed by atoms with E-state index in [2.05, 4.69) is 10.6 Å². The first-order valence-electron chi connectivity index (χ1n) is 10.4. The number of hydrogen-bond donors (Lipinski definition) is 2. The van der Waals surface area contributed by atoms with Crippen molar-refractivity contribution in [3.63, 3.8) is 0 Å². The molecule has 0 aromatic heterocycles. The van der Waals surface area contributed by atoms with Crippen LogP contribution in [0.1, 0.15) is 5.56 Å². The van der Waals surface area contributed by atoms with Gasteiger partial charge >= 0.3 is 6.03 Å². The molecule has 3 amide bonds. The summed E-state index contributed by atoms with van der Waals surface area (Å²) in [6.07, 6.45) is 1.56. The molecule has 0 radical (unpaired) electrons. The van der Waals surface area contributed by atoms with Crippen molar-refractivity contribution in [2.75, 3.05) is 44.8 Å². The molecule has 11 heteroatoms. The lowest BCUT2D eigenvalue weighted by Crippen LogP contribution is -2.51. The van der Waals surface area contributed by atoms with Crippen LogP contribution in [0.5, 0.6) is 11.5 Å². The molecule has 0 spiro atoms. The zero-order valence-electron chi connectivity index (χ0n) is 17.8. The number of amides is 3. The second-order valence-corrected chi connectivity index (χ2v) is 9.32. The van der Waals surface area contributed by atoms with E-state index < -0.39 is 22.0 Å². The molecule has 4 rings (SSSR count). The maximum atomic E-state index is 12.5. The standard InChI is InChI=1S/C22H24N4O6S/c27-21(24-22(28)23-18-6-7-19-20(14-18)32-16-31-19)15-25-9-11-26(12-10-25)33(29,30)13-8-17-4-2-1-3-5-17/h1-8,13-14H,9-12,15-16H2,(H2,23,24,27,28)/b13-8+. The maximum Gasteiger partial charge on any atom is 0.325 e. The van der Waals surface area contributed by atoms with Crippen LogP contribution in [-0.2, 0) is 14.8 Å². The van der Waals surface area contributed by atoms with Gasteiger partial charge in [0.2, 0.25) is 22.7 Å². The van der Waals surface area contributed by atoms with Crippen molar-refractivity contribution in [3.05, 3.63) is 59.5 Å². The molecule has 0 aliphatic carbocycles. The third-order valence-electron chi connectivity index (χ3n) is 5.17. The van der Waals surface area contributed by atoms with Gasteiger partial charge in [-0.3, -0.25) is 15.0 Å². The van der Waals surface area contributed by atoms with Gasteiger partial charge in [-0.25, -0.2) is 13.2 Å². The van der Waals surface area contributed by atoms with Gasteiger partial charge in [-0.2, -0.15) is 4.31 Å². The van der Waals surface area contributed by atoms with Crippen LogP contribution in [0.2, 0.25) is 0 Å². The first kappa shape index (κ1) is 22.8. The summed E-state index contributed by atoms with van der Waals surface area (Å²) < 4.78 is 36.9. The molecule has 2 heterocycles. The number of carbonyl (C=O) groups excluding carboxylic acids is 2. The summed E-state index contributed by atoms with van der Waals surface area (Å²) in [5, 5.41) is 6.05. The number of imide groups is 1. The van der Waals surface area contributed by atoms with Gasteiger partial charge in [0, 0.05) is 43.3 Å². The fourth-order valence-electron chi connectivity index (χ4n) is 3.46. The summed E-state index contributed by atoms with van der Waals surface area (Å²) in [7, 11) is -3.55. The molecular weight excluding hydrogens is 448 g/mol. The monoisotopic (exact) mass is 472 g/mol. The molecule has 2 aliphatic heterocycles. The van der Waals surface area contributed by atoms with Gasteiger partial charge in [0.25, 0.3) is 0 Å². The highest BCUT2D eigenvalue weighted by Crippen LogP contribution is 2.34. The number of urea groups is 1. The van der Waals surface area contributed by atoms with Crippen molar-refractivity contribution in [2.24, 2.45) is 0 Å². The van der Waals surface area contributed by atoms with Crippen LogP contribution in [0.25, 0.3) is 6.08 Å². The topological polar surface area (TPSA) is 117 Å². The number of carbonyl (C=O) groups is 2. The maximum absolute atomic E-state index is 12.5. The number of anilines is 1. The summed E-state index contributed by atoms with van der Waals surface area (Å²) >= 11 is 0. The van der Waals surface area contributed by atoms with Gasteiger partial charge in [-0.1, -0.05) is 30.3 Å². The van der Waals surface area contributed by atoms with E-state index in [1.54, 1.807) is 29.2 Å². The Morgan fingerprint density at radius 2 is 1.70 bits per heavy atom. The van der Waals surface area contributed by atoms with Crippen LogP contribution in [0.15, 0.2) is 53.9 Å². The average molecular weight is 473 g/mol. The molecule has 2 aromatic carbocycles. The van der Waals surface area contributed by atoms with Gasteiger partial charge in [0.15, 0.2) is 11.5 Å². The molecular formula is C22H24N4O6S. The molecule has 0 unspecified atom stereocenters. The number of fused-ring (bicyclic) bond motifs is 1. The Kier molecular flexibility index (Phi) is 6.92. The predicted molar refractivity (Wildman–Crippen MR) is 122 cm³/mol. The number of nitrogens with one attached hydrogen (secondary N) is 2. The van der Waals surface area contributed by atoms with Crippen molar-refractivity contribution in [2.45, 2.75) is 0 Å². The molecule has 0 bridgehead atoms. The molecule has 1 fully saturated rings. The molecule has 2 aromatic rings. The van der Waals surface area contributed by atoms with Crippen molar-refractivity contribution in [1.82, 2.24) is 14.5 Å². The third-order valence-corrected chi connectivity index (χ3v) is 6.74. The number of piperazine rings is 1. The Morgan fingerprint density at radius 1 is 0.970 bits per heavy atom. The molecule has 2 N–H and O–H groups in total. The van der Waals surface area contributed by atoms with Gasteiger partial charge in [-0.15, -0.1) is 0 Å². The summed E-state index contributed by atoms with van der Waals surface area (Å²) in [5.74, 6) is 0.632. The van der Waals surface area contributed by atoms with Crippen LogP contribution in [0, 0.1) is 0 Å².